The van der Waals surface area contributed by atoms with Gasteiger partial charge in [-0.3, -0.25) is 0 Å². The number of hydrogen-bond donors (Lipinski definition) is 0. The van der Waals surface area contributed by atoms with Crippen molar-refractivity contribution in [3.63, 3.8) is 0 Å². The van der Waals surface area contributed by atoms with Crippen molar-refractivity contribution < 1.29 is 4.43 Å². The summed E-state index contributed by atoms with van der Waals surface area (Å²) < 4.78 is 4.94. The van der Waals surface area contributed by atoms with Gasteiger partial charge < -0.3 is 4.43 Å². The molecule has 0 amide bonds. The fourth-order valence-corrected chi connectivity index (χ4v) is 1.65. The lowest BCUT2D eigenvalue weighted by molar-refractivity contribution is 0.340. The number of benzene rings is 2. The van der Waals surface area contributed by atoms with Crippen molar-refractivity contribution >= 4 is 21.3 Å². The number of rotatable bonds is 2. The average Bonchev–Trinajstić information content (AvgIpc) is 2.19. The van der Waals surface area contributed by atoms with E-state index in [2.05, 4.69) is 34.8 Å². The maximum absolute atomic E-state index is 4.94. The topological polar surface area (TPSA) is 9.23 Å². The van der Waals surface area contributed by atoms with E-state index in [1.165, 1.54) is 16.3 Å². The van der Waals surface area contributed by atoms with Crippen molar-refractivity contribution in [1.82, 2.24) is 0 Å². The van der Waals surface area contributed by atoms with E-state index in [0.717, 1.165) is 0 Å². The molecule has 0 aliphatic heterocycles. The van der Waals surface area contributed by atoms with Crippen molar-refractivity contribution in [3.05, 3.63) is 48.0 Å². The molecule has 0 spiro atoms. The van der Waals surface area contributed by atoms with Gasteiger partial charge in [-0.1, -0.05) is 42.5 Å². The highest BCUT2D eigenvalue weighted by Crippen LogP contribution is 2.18. The zero-order valence-corrected chi connectivity index (χ0v) is 8.16. The fourth-order valence-electron chi connectivity index (χ4n) is 1.50. The van der Waals surface area contributed by atoms with Gasteiger partial charge in [0, 0.05) is 0 Å². The average molecular weight is 185 g/mol. The lowest BCUT2D eigenvalue weighted by Crippen LogP contribution is -1.89. The lowest BCUT2D eigenvalue weighted by Gasteiger charge is -2.04. The summed E-state index contributed by atoms with van der Waals surface area (Å²) in [5.41, 5.74) is 1.20. The summed E-state index contributed by atoms with van der Waals surface area (Å²) in [6.45, 7) is 0.595. The molecular weight excluding hydrogens is 176 g/mol. The molecule has 0 atom stereocenters. The smallest absolute Gasteiger partial charge is 0.246 e. The second-order valence-electron chi connectivity index (χ2n) is 2.93. The van der Waals surface area contributed by atoms with Gasteiger partial charge in [0.05, 0.1) is 6.61 Å². The second-order valence-corrected chi connectivity index (χ2v) is 3.22. The minimum absolute atomic E-state index is 0.595. The van der Waals surface area contributed by atoms with Crippen LogP contribution < -0.4 is 0 Å². The highest BCUT2D eigenvalue weighted by Gasteiger charge is 1.97. The largest absolute Gasteiger partial charge is 0.414 e. The SMILES string of the molecule is [Si]OCc1cccc2ccccc12. The van der Waals surface area contributed by atoms with E-state index < -0.39 is 0 Å². The minimum Gasteiger partial charge on any atom is -0.414 e. The quantitative estimate of drug-likeness (QED) is 0.653. The van der Waals surface area contributed by atoms with Crippen LogP contribution in [0, 0.1) is 0 Å². The summed E-state index contributed by atoms with van der Waals surface area (Å²) >= 11 is 0. The Morgan fingerprint density at radius 3 is 2.62 bits per heavy atom. The van der Waals surface area contributed by atoms with Crippen LogP contribution in [0.2, 0.25) is 0 Å². The molecule has 2 aromatic carbocycles. The highest BCUT2D eigenvalue weighted by atomic mass is 28.2. The van der Waals surface area contributed by atoms with Crippen LogP contribution in [0.25, 0.3) is 10.8 Å². The lowest BCUT2D eigenvalue weighted by atomic mass is 10.1. The Balaban J connectivity index is 2.61. The molecule has 0 aliphatic carbocycles. The van der Waals surface area contributed by atoms with Gasteiger partial charge in [0.15, 0.2) is 0 Å². The molecule has 3 radical (unpaired) electrons. The predicted molar refractivity (Wildman–Crippen MR) is 54.5 cm³/mol. The van der Waals surface area contributed by atoms with Crippen molar-refractivity contribution in [3.8, 4) is 0 Å². The predicted octanol–water partition coefficient (Wildman–Crippen LogP) is 2.44. The van der Waals surface area contributed by atoms with Crippen LogP contribution in [0.4, 0.5) is 0 Å². The summed E-state index contributed by atoms with van der Waals surface area (Å²) in [5, 5.41) is 2.51. The van der Waals surface area contributed by atoms with E-state index in [9.17, 15) is 0 Å². The van der Waals surface area contributed by atoms with E-state index >= 15 is 0 Å². The molecule has 2 rings (SSSR count). The Morgan fingerprint density at radius 2 is 1.77 bits per heavy atom. The van der Waals surface area contributed by atoms with Gasteiger partial charge in [-0.25, -0.2) is 0 Å². The third-order valence-electron chi connectivity index (χ3n) is 2.11. The molecule has 2 heteroatoms. The van der Waals surface area contributed by atoms with Crippen LogP contribution in [0.3, 0.4) is 0 Å². The molecule has 63 valence electrons. The van der Waals surface area contributed by atoms with Crippen LogP contribution in [0.5, 0.6) is 0 Å². The standard InChI is InChI=1S/C11H9OSi/c13-12-8-10-6-3-5-9-4-1-2-7-11(9)10/h1-7H,8H2. The van der Waals surface area contributed by atoms with Gasteiger partial charge >= 0.3 is 0 Å². The first-order chi connectivity index (χ1) is 6.42. The third-order valence-corrected chi connectivity index (χ3v) is 2.25. The molecular formula is C11H9OSi. The van der Waals surface area contributed by atoms with E-state index in [4.69, 9.17) is 4.43 Å². The molecule has 13 heavy (non-hydrogen) atoms. The van der Waals surface area contributed by atoms with Crippen LogP contribution >= 0.6 is 0 Å². The van der Waals surface area contributed by atoms with Crippen molar-refractivity contribution in [2.45, 2.75) is 6.61 Å². The normalized spacial score (nSPS) is 10.5. The second kappa shape index (κ2) is 3.73. The zero-order chi connectivity index (χ0) is 9.10. The van der Waals surface area contributed by atoms with Gasteiger partial charge in [-0.2, -0.15) is 0 Å². The first-order valence-electron chi connectivity index (χ1n) is 4.17. The van der Waals surface area contributed by atoms with Gasteiger partial charge in [0.25, 0.3) is 0 Å². The maximum Gasteiger partial charge on any atom is 0.246 e. The van der Waals surface area contributed by atoms with Crippen LogP contribution in [-0.4, -0.2) is 10.5 Å². The van der Waals surface area contributed by atoms with Crippen LogP contribution in [0.1, 0.15) is 5.56 Å². The summed E-state index contributed by atoms with van der Waals surface area (Å²) in [4.78, 5) is 0. The highest BCUT2D eigenvalue weighted by molar-refractivity contribution is 5.98. The molecule has 0 heterocycles. The van der Waals surface area contributed by atoms with Gasteiger partial charge in [0.2, 0.25) is 10.5 Å². The summed E-state index contributed by atoms with van der Waals surface area (Å²) in [6.07, 6.45) is 0. The molecule has 0 fully saturated rings. The van der Waals surface area contributed by atoms with Crippen molar-refractivity contribution in [2.24, 2.45) is 0 Å². The molecule has 1 nitrogen and oxygen atoms in total. The molecule has 0 unspecified atom stereocenters. The van der Waals surface area contributed by atoms with Crippen LogP contribution in [0.15, 0.2) is 42.5 Å². The summed E-state index contributed by atoms with van der Waals surface area (Å²) in [7, 11) is 3.02. The third kappa shape index (κ3) is 1.64. The van der Waals surface area contributed by atoms with E-state index in [-0.39, 0.29) is 0 Å². The summed E-state index contributed by atoms with van der Waals surface area (Å²) in [6, 6.07) is 14.5. The molecule has 0 N–H and O–H groups in total. The van der Waals surface area contributed by atoms with Gasteiger partial charge in [0.1, 0.15) is 0 Å². The van der Waals surface area contributed by atoms with Gasteiger partial charge in [-0.15, -0.1) is 0 Å². The van der Waals surface area contributed by atoms with Crippen molar-refractivity contribution in [2.75, 3.05) is 0 Å². The Labute approximate surface area is 80.9 Å². The molecule has 0 aromatic heterocycles. The zero-order valence-electron chi connectivity index (χ0n) is 7.16. The fraction of sp³-hybridized carbons (Fsp3) is 0.0909. The van der Waals surface area contributed by atoms with E-state index in [0.29, 0.717) is 6.61 Å². The first-order valence-corrected chi connectivity index (χ1v) is 4.58. The molecule has 0 saturated heterocycles. The molecule has 0 saturated carbocycles. The monoisotopic (exact) mass is 185 g/mol. The Bertz CT molecular complexity index is 406. The molecule has 0 bridgehead atoms. The minimum atomic E-state index is 0.595. The number of fused-ring (bicyclic) bond motifs is 1. The van der Waals surface area contributed by atoms with E-state index in [1.807, 2.05) is 18.2 Å². The van der Waals surface area contributed by atoms with Crippen LogP contribution in [-0.2, 0) is 11.0 Å². The van der Waals surface area contributed by atoms with Crippen molar-refractivity contribution in [1.29, 1.82) is 0 Å². The molecule has 0 aliphatic rings. The Morgan fingerprint density at radius 1 is 1.00 bits per heavy atom. The van der Waals surface area contributed by atoms with Gasteiger partial charge in [-0.05, 0) is 16.3 Å². The Kier molecular flexibility index (Phi) is 2.43. The number of hydrogen-bond acceptors (Lipinski definition) is 1. The Hall–Kier alpha value is -1.12. The maximum atomic E-state index is 4.94. The van der Waals surface area contributed by atoms with E-state index in [1.54, 1.807) is 0 Å². The summed E-state index contributed by atoms with van der Waals surface area (Å²) in [5.74, 6) is 0. The molecule has 2 aromatic rings. The first kappa shape index (κ1) is 8.47.